The van der Waals surface area contributed by atoms with Gasteiger partial charge < -0.3 is 14.6 Å². The maximum atomic E-state index is 10.5. The van der Waals surface area contributed by atoms with Gasteiger partial charge in [-0.1, -0.05) is 6.07 Å². The van der Waals surface area contributed by atoms with E-state index < -0.39 is 10.8 Å². The number of nitro groups is 1. The highest BCUT2D eigenvalue weighted by atomic mass is 16.6. The summed E-state index contributed by atoms with van der Waals surface area (Å²) in [5.41, 5.74) is 0.548. The number of benzene rings is 1. The Labute approximate surface area is 98.0 Å². The van der Waals surface area contributed by atoms with Crippen LogP contribution in [0.1, 0.15) is 17.9 Å². The lowest BCUT2D eigenvalue weighted by atomic mass is 9.96. The van der Waals surface area contributed by atoms with E-state index in [0.717, 1.165) is 0 Å². The molecule has 0 amide bonds. The number of phenols is 1. The van der Waals surface area contributed by atoms with E-state index in [-0.39, 0.29) is 18.7 Å². The third-order valence-electron chi connectivity index (χ3n) is 2.42. The first kappa shape index (κ1) is 13.0. The van der Waals surface area contributed by atoms with Crippen LogP contribution in [0.3, 0.4) is 0 Å². The molecule has 0 spiro atoms. The molecule has 92 valence electrons. The van der Waals surface area contributed by atoms with Gasteiger partial charge in [0.25, 0.3) is 0 Å². The van der Waals surface area contributed by atoms with Crippen molar-refractivity contribution < 1.29 is 19.6 Å². The van der Waals surface area contributed by atoms with Crippen LogP contribution >= 0.6 is 0 Å². The molecule has 17 heavy (non-hydrogen) atoms. The second kappa shape index (κ2) is 5.83. The molecule has 1 aromatic rings. The van der Waals surface area contributed by atoms with Crippen LogP contribution in [-0.2, 0) is 4.79 Å². The van der Waals surface area contributed by atoms with Gasteiger partial charge in [-0.2, -0.15) is 0 Å². The zero-order valence-electron chi connectivity index (χ0n) is 9.33. The van der Waals surface area contributed by atoms with Crippen molar-refractivity contribution in [3.05, 3.63) is 33.9 Å². The third-order valence-corrected chi connectivity index (χ3v) is 2.42. The van der Waals surface area contributed by atoms with Gasteiger partial charge in [0.2, 0.25) is 6.54 Å². The highest BCUT2D eigenvalue weighted by molar-refractivity contribution is 5.52. The Balaban J connectivity index is 2.97. The van der Waals surface area contributed by atoms with Crippen molar-refractivity contribution in [3.8, 4) is 11.5 Å². The molecule has 0 aliphatic carbocycles. The van der Waals surface area contributed by atoms with Gasteiger partial charge in [0.1, 0.15) is 6.29 Å². The number of carbonyl (C=O) groups is 1. The predicted octanol–water partition coefficient (Wildman–Crippen LogP) is 1.35. The molecule has 0 heterocycles. The summed E-state index contributed by atoms with van der Waals surface area (Å²) in [6.07, 6.45) is 0.683. The van der Waals surface area contributed by atoms with Gasteiger partial charge in [0.15, 0.2) is 11.5 Å². The Morgan fingerprint density at radius 1 is 1.59 bits per heavy atom. The standard InChI is InChI=1S/C11H13NO5/c1-17-11-3-2-8(6-10(11)14)9(4-5-13)7-12(15)16/h2-3,5-6,9,14H,4,7H2,1H3/t9-/m1/s1. The molecule has 0 fully saturated rings. The van der Waals surface area contributed by atoms with Crippen LogP contribution in [0, 0.1) is 10.1 Å². The zero-order chi connectivity index (χ0) is 12.8. The van der Waals surface area contributed by atoms with Gasteiger partial charge in [-0.3, -0.25) is 10.1 Å². The lowest BCUT2D eigenvalue weighted by Crippen LogP contribution is -2.13. The summed E-state index contributed by atoms with van der Waals surface area (Å²) in [5, 5.41) is 20.0. The van der Waals surface area contributed by atoms with Crippen molar-refractivity contribution in [1.29, 1.82) is 0 Å². The van der Waals surface area contributed by atoms with E-state index >= 15 is 0 Å². The molecule has 6 nitrogen and oxygen atoms in total. The van der Waals surface area contributed by atoms with E-state index in [1.165, 1.54) is 19.2 Å². The number of hydrogen-bond donors (Lipinski definition) is 1. The molecule has 0 aromatic heterocycles. The van der Waals surface area contributed by atoms with Crippen molar-refractivity contribution in [3.63, 3.8) is 0 Å². The van der Waals surface area contributed by atoms with Crippen LogP contribution in [-0.4, -0.2) is 30.0 Å². The van der Waals surface area contributed by atoms with Gasteiger partial charge in [0, 0.05) is 11.3 Å². The van der Waals surface area contributed by atoms with Crippen LogP contribution in [0.15, 0.2) is 18.2 Å². The molecule has 0 aliphatic rings. The van der Waals surface area contributed by atoms with Crippen LogP contribution in [0.5, 0.6) is 11.5 Å². The average molecular weight is 239 g/mol. The number of carbonyl (C=O) groups excluding carboxylic acids is 1. The van der Waals surface area contributed by atoms with E-state index in [2.05, 4.69) is 0 Å². The molecule has 1 rings (SSSR count). The van der Waals surface area contributed by atoms with Crippen LogP contribution in [0.25, 0.3) is 0 Å². The number of aldehydes is 1. The van der Waals surface area contributed by atoms with E-state index in [1.54, 1.807) is 6.07 Å². The summed E-state index contributed by atoms with van der Waals surface area (Å²) < 4.78 is 4.87. The number of hydrogen-bond acceptors (Lipinski definition) is 5. The molecule has 0 saturated heterocycles. The zero-order valence-corrected chi connectivity index (χ0v) is 9.33. The number of ether oxygens (including phenoxy) is 1. The Bertz CT molecular complexity index is 418. The summed E-state index contributed by atoms with van der Waals surface area (Å²) in [4.78, 5) is 20.5. The summed E-state index contributed by atoms with van der Waals surface area (Å²) >= 11 is 0. The topological polar surface area (TPSA) is 89.7 Å². The first-order valence-electron chi connectivity index (χ1n) is 5.00. The fourth-order valence-corrected chi connectivity index (χ4v) is 1.57. The molecule has 0 radical (unpaired) electrons. The minimum atomic E-state index is -0.528. The van der Waals surface area contributed by atoms with Crippen molar-refractivity contribution in [2.24, 2.45) is 0 Å². The molecule has 0 bridgehead atoms. The molecular weight excluding hydrogens is 226 g/mol. The van der Waals surface area contributed by atoms with Crippen molar-refractivity contribution in [2.75, 3.05) is 13.7 Å². The normalized spacial score (nSPS) is 11.8. The van der Waals surface area contributed by atoms with Gasteiger partial charge in [-0.15, -0.1) is 0 Å². The Hall–Kier alpha value is -2.11. The second-order valence-corrected chi connectivity index (χ2v) is 3.55. The molecule has 1 N–H and O–H groups in total. The van der Waals surface area contributed by atoms with Gasteiger partial charge >= 0.3 is 0 Å². The van der Waals surface area contributed by atoms with Gasteiger partial charge in [0.05, 0.1) is 13.0 Å². The Morgan fingerprint density at radius 2 is 2.29 bits per heavy atom. The summed E-state index contributed by atoms with van der Waals surface area (Å²) in [6, 6.07) is 4.51. The molecule has 0 saturated carbocycles. The average Bonchev–Trinajstić information content (AvgIpc) is 2.28. The molecule has 1 atom stereocenters. The minimum absolute atomic E-state index is 0.0484. The fraction of sp³-hybridized carbons (Fsp3) is 0.364. The summed E-state index contributed by atoms with van der Waals surface area (Å²) in [6.45, 7) is -0.343. The summed E-state index contributed by atoms with van der Waals surface area (Å²) in [7, 11) is 1.41. The van der Waals surface area contributed by atoms with Crippen LogP contribution in [0.2, 0.25) is 0 Å². The largest absolute Gasteiger partial charge is 0.504 e. The van der Waals surface area contributed by atoms with Gasteiger partial charge in [-0.25, -0.2) is 0 Å². The number of phenolic OH excluding ortho intramolecular Hbond substituents is 1. The Morgan fingerprint density at radius 3 is 2.76 bits per heavy atom. The highest BCUT2D eigenvalue weighted by Crippen LogP contribution is 2.30. The highest BCUT2D eigenvalue weighted by Gasteiger charge is 2.18. The molecule has 6 heteroatoms. The molecule has 0 aliphatic heterocycles. The van der Waals surface area contributed by atoms with Crippen molar-refractivity contribution in [2.45, 2.75) is 12.3 Å². The minimum Gasteiger partial charge on any atom is -0.504 e. The Kier molecular flexibility index (Phi) is 4.45. The maximum Gasteiger partial charge on any atom is 0.211 e. The van der Waals surface area contributed by atoms with Crippen LogP contribution in [0.4, 0.5) is 0 Å². The lowest BCUT2D eigenvalue weighted by Gasteiger charge is -2.11. The SMILES string of the molecule is COc1ccc([C@H](CC=O)C[N+](=O)[O-])cc1O. The van der Waals surface area contributed by atoms with E-state index in [9.17, 15) is 20.0 Å². The summed E-state index contributed by atoms with van der Waals surface area (Å²) in [5.74, 6) is -0.330. The molecular formula is C11H13NO5. The van der Waals surface area contributed by atoms with Crippen molar-refractivity contribution in [1.82, 2.24) is 0 Å². The molecule has 0 unspecified atom stereocenters. The maximum absolute atomic E-state index is 10.5. The fourth-order valence-electron chi connectivity index (χ4n) is 1.57. The number of rotatable bonds is 6. The van der Waals surface area contributed by atoms with Crippen LogP contribution < -0.4 is 4.74 Å². The predicted molar refractivity (Wildman–Crippen MR) is 59.9 cm³/mol. The number of methoxy groups -OCH3 is 1. The second-order valence-electron chi connectivity index (χ2n) is 3.55. The monoisotopic (exact) mass is 239 g/mol. The smallest absolute Gasteiger partial charge is 0.211 e. The van der Waals surface area contributed by atoms with Gasteiger partial charge in [-0.05, 0) is 17.7 Å². The molecule has 1 aromatic carbocycles. The van der Waals surface area contributed by atoms with E-state index in [1.807, 2.05) is 0 Å². The first-order valence-corrected chi connectivity index (χ1v) is 5.00. The lowest BCUT2D eigenvalue weighted by molar-refractivity contribution is -0.483. The van der Waals surface area contributed by atoms with E-state index in [0.29, 0.717) is 17.6 Å². The quantitative estimate of drug-likeness (QED) is 0.459. The van der Waals surface area contributed by atoms with E-state index in [4.69, 9.17) is 4.74 Å². The van der Waals surface area contributed by atoms with Crippen molar-refractivity contribution >= 4 is 6.29 Å². The third kappa shape index (κ3) is 3.44. The first-order chi connectivity index (χ1) is 8.08. The number of aromatic hydroxyl groups is 1. The number of nitrogens with zero attached hydrogens (tertiary/aromatic N) is 1.